The lowest BCUT2D eigenvalue weighted by Crippen LogP contribution is -2.45. The van der Waals surface area contributed by atoms with Gasteiger partial charge in [-0.25, -0.2) is 9.78 Å². The fourth-order valence-corrected chi connectivity index (χ4v) is 4.44. The van der Waals surface area contributed by atoms with E-state index in [0.717, 1.165) is 36.4 Å². The topological polar surface area (TPSA) is 108 Å². The zero-order valence-corrected chi connectivity index (χ0v) is 18.1. The Labute approximate surface area is 188 Å². The minimum Gasteiger partial charge on any atom is -0.348 e. The van der Waals surface area contributed by atoms with Gasteiger partial charge in [-0.1, -0.05) is 23.7 Å². The van der Waals surface area contributed by atoms with Crippen molar-refractivity contribution in [2.45, 2.75) is 18.9 Å². The summed E-state index contributed by atoms with van der Waals surface area (Å²) in [6, 6.07) is 8.68. The molecule has 1 aliphatic rings. The van der Waals surface area contributed by atoms with Crippen LogP contribution in [0.5, 0.6) is 0 Å². The molecule has 4 N–H and O–H groups in total. The number of piperidine rings is 1. The summed E-state index contributed by atoms with van der Waals surface area (Å²) in [6.07, 6.45) is 6.37. The number of urea groups is 1. The molecule has 3 aromatic rings. The highest BCUT2D eigenvalue weighted by Crippen LogP contribution is 2.36. The van der Waals surface area contributed by atoms with Crippen LogP contribution in [-0.4, -0.2) is 41.0 Å². The number of thiophene rings is 1. The number of nitrogens with zero attached hydrogens (tertiary/aromatic N) is 2. The number of rotatable bonds is 5. The van der Waals surface area contributed by atoms with E-state index >= 15 is 0 Å². The number of amides is 3. The number of hydrogen-bond donors (Lipinski definition) is 4. The van der Waals surface area contributed by atoms with Gasteiger partial charge >= 0.3 is 6.03 Å². The van der Waals surface area contributed by atoms with Crippen molar-refractivity contribution in [2.75, 3.05) is 23.7 Å². The molecule has 0 bridgehead atoms. The number of hydrogen-bond acceptors (Lipinski definition) is 6. The lowest BCUT2D eigenvalue weighted by molar-refractivity contribution is 0.0932. The minimum absolute atomic E-state index is 0.0569. The molecule has 0 unspecified atom stereocenters. The lowest BCUT2D eigenvalue weighted by atomic mass is 10.1. The number of halogens is 1. The number of carbonyl (C=O) groups excluding carboxylic acids is 2. The fourth-order valence-electron chi connectivity index (χ4n) is 3.26. The van der Waals surface area contributed by atoms with Crippen molar-refractivity contribution in [3.8, 4) is 10.4 Å². The Morgan fingerprint density at radius 1 is 1.16 bits per heavy atom. The maximum absolute atomic E-state index is 13.0. The second kappa shape index (κ2) is 9.86. The molecule has 0 spiro atoms. The van der Waals surface area contributed by atoms with Gasteiger partial charge in [0.15, 0.2) is 5.82 Å². The molecule has 160 valence electrons. The molecule has 3 heterocycles. The highest BCUT2D eigenvalue weighted by molar-refractivity contribution is 7.20. The van der Waals surface area contributed by atoms with Crippen molar-refractivity contribution < 1.29 is 9.59 Å². The van der Waals surface area contributed by atoms with E-state index in [9.17, 15) is 9.59 Å². The summed E-state index contributed by atoms with van der Waals surface area (Å²) in [6.45, 7) is 1.69. The van der Waals surface area contributed by atoms with Gasteiger partial charge in [0.05, 0.1) is 11.8 Å². The fraction of sp³-hybridized carbons (Fsp3) is 0.238. The predicted octanol–water partition coefficient (Wildman–Crippen LogP) is 3.98. The monoisotopic (exact) mass is 456 g/mol. The number of anilines is 2. The van der Waals surface area contributed by atoms with Gasteiger partial charge in [-0.05, 0) is 43.1 Å². The predicted molar refractivity (Wildman–Crippen MR) is 123 cm³/mol. The van der Waals surface area contributed by atoms with Crippen LogP contribution in [0.3, 0.4) is 0 Å². The molecule has 1 saturated heterocycles. The van der Waals surface area contributed by atoms with E-state index in [1.807, 2.05) is 12.1 Å². The van der Waals surface area contributed by atoms with Crippen molar-refractivity contribution in [1.82, 2.24) is 20.6 Å². The SMILES string of the molecule is O=C(Nc1cnccn1)Nc1sc(-c2ccc(Cl)cc2)cc1C(=O)N[C@H]1CCCNC1. The van der Waals surface area contributed by atoms with Crippen LogP contribution in [0.25, 0.3) is 10.4 Å². The third kappa shape index (κ3) is 5.57. The van der Waals surface area contributed by atoms with Crippen LogP contribution in [0.2, 0.25) is 5.02 Å². The van der Waals surface area contributed by atoms with Gasteiger partial charge in [0.25, 0.3) is 5.91 Å². The molecule has 4 rings (SSSR count). The van der Waals surface area contributed by atoms with Crippen molar-refractivity contribution in [3.05, 3.63) is 59.5 Å². The van der Waals surface area contributed by atoms with Gasteiger partial charge in [0, 0.05) is 34.9 Å². The van der Waals surface area contributed by atoms with Gasteiger partial charge < -0.3 is 10.6 Å². The normalized spacial score (nSPS) is 15.8. The average molecular weight is 457 g/mol. The van der Waals surface area contributed by atoms with Crippen LogP contribution < -0.4 is 21.3 Å². The van der Waals surface area contributed by atoms with Gasteiger partial charge in [0.2, 0.25) is 0 Å². The zero-order valence-electron chi connectivity index (χ0n) is 16.5. The first-order valence-electron chi connectivity index (χ1n) is 9.84. The largest absolute Gasteiger partial charge is 0.348 e. The zero-order chi connectivity index (χ0) is 21.6. The van der Waals surface area contributed by atoms with Gasteiger partial charge in [-0.15, -0.1) is 11.3 Å². The van der Waals surface area contributed by atoms with Crippen LogP contribution in [0.1, 0.15) is 23.2 Å². The molecule has 8 nitrogen and oxygen atoms in total. The van der Waals surface area contributed by atoms with E-state index in [4.69, 9.17) is 11.6 Å². The molecule has 0 saturated carbocycles. The van der Waals surface area contributed by atoms with Gasteiger partial charge in [0.1, 0.15) is 5.00 Å². The highest BCUT2D eigenvalue weighted by Gasteiger charge is 2.22. The molecule has 0 radical (unpaired) electrons. The summed E-state index contributed by atoms with van der Waals surface area (Å²) in [4.78, 5) is 34.3. The maximum atomic E-state index is 13.0. The Balaban J connectivity index is 1.57. The molecule has 3 amide bonds. The minimum atomic E-state index is -0.501. The molecule has 1 atom stereocenters. The smallest absolute Gasteiger partial charge is 0.325 e. The molecule has 1 fully saturated rings. The van der Waals surface area contributed by atoms with Crippen LogP contribution >= 0.6 is 22.9 Å². The number of aromatic nitrogens is 2. The van der Waals surface area contributed by atoms with E-state index < -0.39 is 6.03 Å². The molecule has 10 heteroatoms. The summed E-state index contributed by atoms with van der Waals surface area (Å²) in [5, 5.41) is 12.8. The molecule has 2 aromatic heterocycles. The average Bonchev–Trinajstić information content (AvgIpc) is 3.19. The van der Waals surface area contributed by atoms with Crippen LogP contribution in [-0.2, 0) is 0 Å². The quantitative estimate of drug-likeness (QED) is 0.464. The Bertz CT molecular complexity index is 1050. The van der Waals surface area contributed by atoms with Crippen LogP contribution in [0.4, 0.5) is 15.6 Å². The van der Waals surface area contributed by atoms with Crippen molar-refractivity contribution in [2.24, 2.45) is 0 Å². The summed E-state index contributed by atoms with van der Waals surface area (Å²) in [7, 11) is 0. The Morgan fingerprint density at radius 3 is 2.71 bits per heavy atom. The van der Waals surface area contributed by atoms with Crippen LogP contribution in [0.15, 0.2) is 48.9 Å². The first-order valence-corrected chi connectivity index (χ1v) is 11.0. The number of benzene rings is 1. The van der Waals surface area contributed by atoms with Crippen molar-refractivity contribution in [1.29, 1.82) is 0 Å². The highest BCUT2D eigenvalue weighted by atomic mass is 35.5. The first-order chi connectivity index (χ1) is 15.1. The number of carbonyl (C=O) groups is 2. The van der Waals surface area contributed by atoms with Crippen LogP contribution in [0, 0.1) is 0 Å². The summed E-state index contributed by atoms with van der Waals surface area (Å²) >= 11 is 7.32. The Kier molecular flexibility index (Phi) is 6.76. The molecular weight excluding hydrogens is 436 g/mol. The second-order valence-corrected chi connectivity index (χ2v) is 8.54. The molecule has 1 aromatic carbocycles. The van der Waals surface area contributed by atoms with E-state index in [2.05, 4.69) is 31.2 Å². The summed E-state index contributed by atoms with van der Waals surface area (Å²) in [5.41, 5.74) is 1.32. The molecule has 31 heavy (non-hydrogen) atoms. The summed E-state index contributed by atoms with van der Waals surface area (Å²) in [5.74, 6) is 0.0914. The Hall–Kier alpha value is -3.01. The second-order valence-electron chi connectivity index (χ2n) is 7.05. The Morgan fingerprint density at radius 2 is 2.00 bits per heavy atom. The van der Waals surface area contributed by atoms with Gasteiger partial charge in [-0.2, -0.15) is 0 Å². The van der Waals surface area contributed by atoms with Crippen molar-refractivity contribution >= 4 is 45.7 Å². The lowest BCUT2D eigenvalue weighted by Gasteiger charge is -2.23. The van der Waals surface area contributed by atoms with E-state index in [1.54, 1.807) is 18.2 Å². The standard InChI is InChI=1S/C21H21ClN6O2S/c22-14-5-3-13(4-6-14)17-10-16(19(29)26-15-2-1-7-23-11-15)20(31-17)28-21(30)27-18-12-24-8-9-25-18/h3-6,8-10,12,15,23H,1-2,7,11H2,(H,26,29)(H2,25,27,28,30)/t15-/m0/s1. The molecule has 1 aliphatic heterocycles. The summed E-state index contributed by atoms with van der Waals surface area (Å²) < 4.78 is 0. The third-order valence-corrected chi connectivity index (χ3v) is 6.12. The molecular formula is C21H21ClN6O2S. The van der Waals surface area contributed by atoms with E-state index in [1.165, 1.54) is 29.9 Å². The molecule has 0 aliphatic carbocycles. The van der Waals surface area contributed by atoms with Gasteiger partial charge in [-0.3, -0.25) is 20.4 Å². The maximum Gasteiger partial charge on any atom is 0.325 e. The number of nitrogens with one attached hydrogen (secondary N) is 4. The van der Waals surface area contributed by atoms with E-state index in [0.29, 0.717) is 21.4 Å². The van der Waals surface area contributed by atoms with Crippen molar-refractivity contribution in [3.63, 3.8) is 0 Å². The first kappa shape index (κ1) is 21.2. The van der Waals surface area contributed by atoms with E-state index in [-0.39, 0.29) is 11.9 Å². The third-order valence-electron chi connectivity index (χ3n) is 4.77.